The summed E-state index contributed by atoms with van der Waals surface area (Å²) in [5.74, 6) is -0.833. The lowest BCUT2D eigenvalue weighted by molar-refractivity contribution is -0.134. The third-order valence-corrected chi connectivity index (χ3v) is 8.88. The highest BCUT2D eigenvalue weighted by Gasteiger charge is 2.23. The summed E-state index contributed by atoms with van der Waals surface area (Å²) in [5, 5.41) is 21.8. The van der Waals surface area contributed by atoms with E-state index in [-0.39, 0.29) is 9.79 Å². The summed E-state index contributed by atoms with van der Waals surface area (Å²) in [4.78, 5) is 8.60. The number of aromatic nitrogens is 2. The van der Waals surface area contributed by atoms with E-state index in [1.807, 2.05) is 30.3 Å². The van der Waals surface area contributed by atoms with Gasteiger partial charge in [0.2, 0.25) is 19.9 Å². The molecule has 1 N–H and O–H groups in total. The summed E-state index contributed by atoms with van der Waals surface area (Å²) in [5.41, 5.74) is 1.83. The fourth-order valence-electron chi connectivity index (χ4n) is 3.48. The van der Waals surface area contributed by atoms with E-state index in [0.717, 1.165) is 11.2 Å². The average Bonchev–Trinajstić information content (AvgIpc) is 3.36. The Morgan fingerprint density at radius 2 is 1.48 bits per heavy atom. The zero-order valence-electron chi connectivity index (χ0n) is 21.8. The fraction of sp³-hybridized carbons (Fsp3) is 0.107. The van der Waals surface area contributed by atoms with Crippen LogP contribution in [0.1, 0.15) is 12.5 Å². The van der Waals surface area contributed by atoms with E-state index in [1.54, 1.807) is 47.3 Å². The molecule has 0 bridgehead atoms. The van der Waals surface area contributed by atoms with Crippen molar-refractivity contribution in [1.29, 1.82) is 5.26 Å². The number of hydrogen-bond donors (Lipinski definition) is 1. The Bertz CT molecular complexity index is 1790. The molecule has 1 heterocycles. The van der Waals surface area contributed by atoms with Gasteiger partial charge in [0.15, 0.2) is 0 Å². The third-order valence-electron chi connectivity index (χ3n) is 5.39. The largest absolute Gasteiger partial charge is 0.481 e. The van der Waals surface area contributed by atoms with Gasteiger partial charge in [-0.25, -0.2) is 25.8 Å². The second-order valence-corrected chi connectivity index (χ2v) is 12.6. The van der Waals surface area contributed by atoms with Gasteiger partial charge in [0.25, 0.3) is 5.97 Å². The zero-order chi connectivity index (χ0) is 29.5. The van der Waals surface area contributed by atoms with E-state index < -0.39 is 30.7 Å². The summed E-state index contributed by atoms with van der Waals surface area (Å²) in [6.45, 7) is 1.08. The van der Waals surface area contributed by atoms with Crippen LogP contribution in [0, 0.1) is 11.3 Å². The highest BCUT2D eigenvalue weighted by Crippen LogP contribution is 2.30. The normalized spacial score (nSPS) is 11.8. The van der Waals surface area contributed by atoms with Crippen molar-refractivity contribution in [1.82, 2.24) is 14.1 Å². The Morgan fingerprint density at radius 3 is 2.02 bits per heavy atom. The SMILES string of the molecule is CC(=O)O.CN(C)S(=O)(=O)c1cccc(-c2nn(-c3ccccc3)cc2/C=C(\C#N)S(=O)(=O)c2ccccc2)c1. The number of aliphatic carboxylic acids is 1. The molecule has 3 aromatic carbocycles. The third kappa shape index (κ3) is 6.89. The number of allylic oxidation sites excluding steroid dienone is 1. The Morgan fingerprint density at radius 1 is 0.925 bits per heavy atom. The molecule has 0 fully saturated rings. The summed E-state index contributed by atoms with van der Waals surface area (Å²) >= 11 is 0. The molecule has 0 radical (unpaired) electrons. The molecule has 1 aromatic heterocycles. The molecule has 0 amide bonds. The van der Waals surface area contributed by atoms with Crippen LogP contribution in [0.5, 0.6) is 0 Å². The number of para-hydroxylation sites is 1. The topological polar surface area (TPSA) is 150 Å². The lowest BCUT2D eigenvalue weighted by Crippen LogP contribution is -2.22. The number of rotatable bonds is 7. The molecule has 0 spiro atoms. The van der Waals surface area contributed by atoms with Crippen molar-refractivity contribution in [2.75, 3.05) is 14.1 Å². The van der Waals surface area contributed by atoms with Crippen LogP contribution >= 0.6 is 0 Å². The van der Waals surface area contributed by atoms with Crippen LogP contribution in [-0.2, 0) is 24.7 Å². The summed E-state index contributed by atoms with van der Waals surface area (Å²) < 4.78 is 54.4. The zero-order valence-corrected chi connectivity index (χ0v) is 23.5. The molecule has 0 aliphatic rings. The van der Waals surface area contributed by atoms with E-state index in [4.69, 9.17) is 9.90 Å². The Balaban J connectivity index is 0.00000103. The summed E-state index contributed by atoms with van der Waals surface area (Å²) in [6, 6.07) is 24.9. The van der Waals surface area contributed by atoms with E-state index in [2.05, 4.69) is 5.10 Å². The number of carboxylic acid groups (broad SMARTS) is 1. The van der Waals surface area contributed by atoms with Gasteiger partial charge in [-0.3, -0.25) is 4.79 Å². The minimum atomic E-state index is -4.09. The molecule has 0 saturated heterocycles. The number of nitrogens with zero attached hydrogens (tertiary/aromatic N) is 4. The second kappa shape index (κ2) is 12.5. The molecular formula is C28H26N4O6S2. The van der Waals surface area contributed by atoms with Gasteiger partial charge in [-0.1, -0.05) is 48.5 Å². The van der Waals surface area contributed by atoms with Gasteiger partial charge in [0.05, 0.1) is 15.5 Å². The van der Waals surface area contributed by atoms with Crippen molar-refractivity contribution in [2.24, 2.45) is 0 Å². The average molecular weight is 579 g/mol. The van der Waals surface area contributed by atoms with E-state index in [9.17, 15) is 22.1 Å². The molecule has 10 nitrogen and oxygen atoms in total. The number of sulfonamides is 1. The van der Waals surface area contributed by atoms with Crippen LogP contribution in [-0.4, -0.2) is 56.1 Å². The van der Waals surface area contributed by atoms with Gasteiger partial charge >= 0.3 is 0 Å². The first-order valence-corrected chi connectivity index (χ1v) is 14.6. The minimum absolute atomic E-state index is 0.00567. The van der Waals surface area contributed by atoms with Gasteiger partial charge in [-0.15, -0.1) is 0 Å². The van der Waals surface area contributed by atoms with Gasteiger partial charge in [0, 0.05) is 38.3 Å². The molecule has 0 aliphatic heterocycles. The van der Waals surface area contributed by atoms with Crippen LogP contribution in [0.4, 0.5) is 0 Å². The molecule has 0 atom stereocenters. The Labute approximate surface area is 233 Å². The van der Waals surface area contributed by atoms with Crippen molar-refractivity contribution < 1.29 is 26.7 Å². The summed E-state index contributed by atoms with van der Waals surface area (Å²) in [7, 11) is -4.93. The van der Waals surface area contributed by atoms with Crippen LogP contribution in [0.2, 0.25) is 0 Å². The van der Waals surface area contributed by atoms with Crippen molar-refractivity contribution in [3.63, 3.8) is 0 Å². The molecule has 40 heavy (non-hydrogen) atoms. The van der Waals surface area contributed by atoms with Crippen LogP contribution in [0.3, 0.4) is 0 Å². The first kappa shape index (κ1) is 30.0. The Hall–Kier alpha value is -4.57. The molecule has 0 saturated carbocycles. The number of hydrogen-bond acceptors (Lipinski definition) is 7. The molecule has 12 heteroatoms. The highest BCUT2D eigenvalue weighted by atomic mass is 32.2. The monoisotopic (exact) mass is 578 g/mol. The first-order valence-electron chi connectivity index (χ1n) is 11.7. The predicted octanol–water partition coefficient (Wildman–Crippen LogP) is 4.22. The van der Waals surface area contributed by atoms with Gasteiger partial charge in [-0.2, -0.15) is 10.4 Å². The summed E-state index contributed by atoms with van der Waals surface area (Å²) in [6.07, 6.45) is 2.87. The van der Waals surface area contributed by atoms with Crippen molar-refractivity contribution in [3.8, 4) is 23.0 Å². The number of carboxylic acids is 1. The van der Waals surface area contributed by atoms with Crippen LogP contribution in [0.15, 0.2) is 106 Å². The van der Waals surface area contributed by atoms with Crippen LogP contribution in [0.25, 0.3) is 23.0 Å². The quantitative estimate of drug-likeness (QED) is 0.320. The number of benzene rings is 3. The smallest absolute Gasteiger partial charge is 0.300 e. The molecule has 4 aromatic rings. The fourth-order valence-corrected chi connectivity index (χ4v) is 5.60. The standard InChI is InChI=1S/C26H22N4O4S2.C2H4O2/c1-29(2)36(33,34)24-15-9-10-20(16-24)26-21(19-30(28-26)22-11-5-3-6-12-22)17-25(18-27)35(31,32)23-13-7-4-8-14-23;1-2(3)4/h3-17,19H,1-2H3;1H3,(H,3,4)/b25-17+;. The van der Waals surface area contributed by atoms with Crippen LogP contribution < -0.4 is 0 Å². The molecular weight excluding hydrogens is 552 g/mol. The maximum atomic E-state index is 13.2. The maximum Gasteiger partial charge on any atom is 0.300 e. The molecule has 206 valence electrons. The molecule has 4 rings (SSSR count). The van der Waals surface area contributed by atoms with Gasteiger partial charge in [0.1, 0.15) is 16.7 Å². The first-order chi connectivity index (χ1) is 18.9. The van der Waals surface area contributed by atoms with Gasteiger partial charge in [-0.05, 0) is 42.5 Å². The number of carbonyl (C=O) groups is 1. The van der Waals surface area contributed by atoms with Crippen molar-refractivity contribution in [2.45, 2.75) is 16.7 Å². The Kier molecular flexibility index (Phi) is 9.39. The van der Waals surface area contributed by atoms with Gasteiger partial charge < -0.3 is 5.11 Å². The van der Waals surface area contributed by atoms with E-state index in [1.165, 1.54) is 44.4 Å². The minimum Gasteiger partial charge on any atom is -0.481 e. The van der Waals surface area contributed by atoms with Crippen molar-refractivity contribution in [3.05, 3.63) is 102 Å². The predicted molar refractivity (Wildman–Crippen MR) is 150 cm³/mol. The lowest BCUT2D eigenvalue weighted by Gasteiger charge is -2.12. The van der Waals surface area contributed by atoms with E-state index in [0.29, 0.717) is 22.5 Å². The number of sulfone groups is 1. The number of nitriles is 1. The maximum absolute atomic E-state index is 13.2. The molecule has 0 unspecified atom stereocenters. The van der Waals surface area contributed by atoms with E-state index >= 15 is 0 Å². The molecule has 0 aliphatic carbocycles. The highest BCUT2D eigenvalue weighted by molar-refractivity contribution is 7.95. The lowest BCUT2D eigenvalue weighted by atomic mass is 10.1. The van der Waals surface area contributed by atoms with Crippen molar-refractivity contribution >= 4 is 31.9 Å². The second-order valence-electron chi connectivity index (χ2n) is 8.48.